The molecule has 0 saturated heterocycles. The van der Waals surface area contributed by atoms with Gasteiger partial charge in [0.2, 0.25) is 0 Å². The van der Waals surface area contributed by atoms with Crippen molar-refractivity contribution in [2.24, 2.45) is 0 Å². The second kappa shape index (κ2) is 6.05. The molecule has 21 heavy (non-hydrogen) atoms. The Labute approximate surface area is 123 Å². The first-order valence-corrected chi connectivity index (χ1v) is 7.06. The molecule has 1 aliphatic rings. The third-order valence-electron chi connectivity index (χ3n) is 3.68. The number of ether oxygens (including phenoxy) is 1. The van der Waals surface area contributed by atoms with Crippen molar-refractivity contribution < 1.29 is 9.53 Å². The zero-order valence-electron chi connectivity index (χ0n) is 12.0. The largest absolute Gasteiger partial charge is 0.367 e. The van der Waals surface area contributed by atoms with Crippen LogP contribution in [0.4, 0.5) is 0 Å². The van der Waals surface area contributed by atoms with Gasteiger partial charge >= 0.3 is 0 Å². The Morgan fingerprint density at radius 1 is 1.38 bits per heavy atom. The van der Waals surface area contributed by atoms with Crippen LogP contribution in [0.25, 0.3) is 0 Å². The summed E-state index contributed by atoms with van der Waals surface area (Å²) in [5.74, 6) is 1.64. The maximum atomic E-state index is 12.3. The summed E-state index contributed by atoms with van der Waals surface area (Å²) in [4.78, 5) is 12.3. The van der Waals surface area contributed by atoms with E-state index in [1.807, 2.05) is 30.3 Å². The number of benzene rings is 1. The number of carbonyl (C=O) groups is 1. The summed E-state index contributed by atoms with van der Waals surface area (Å²) in [6.07, 6.45) is 1.45. The first kappa shape index (κ1) is 13.8. The summed E-state index contributed by atoms with van der Waals surface area (Å²) in [7, 11) is 1.53. The SMILES string of the molecule is COC(C(=O)NCc1nnc2n1CCC2)c1ccccc1. The quantitative estimate of drug-likeness (QED) is 0.897. The minimum absolute atomic E-state index is 0.168. The van der Waals surface area contributed by atoms with Gasteiger partial charge in [0.1, 0.15) is 5.82 Å². The molecule has 1 N–H and O–H groups in total. The molecule has 0 bridgehead atoms. The second-order valence-electron chi connectivity index (χ2n) is 5.03. The molecule has 2 aromatic rings. The highest BCUT2D eigenvalue weighted by atomic mass is 16.5. The van der Waals surface area contributed by atoms with E-state index >= 15 is 0 Å². The molecule has 1 unspecified atom stereocenters. The monoisotopic (exact) mass is 286 g/mol. The average Bonchev–Trinajstić information content (AvgIpc) is 3.10. The zero-order chi connectivity index (χ0) is 14.7. The minimum atomic E-state index is -0.604. The number of hydrogen-bond donors (Lipinski definition) is 1. The number of aromatic nitrogens is 3. The number of aryl methyl sites for hydroxylation is 1. The van der Waals surface area contributed by atoms with Gasteiger partial charge in [-0.15, -0.1) is 10.2 Å². The van der Waals surface area contributed by atoms with Crippen LogP contribution < -0.4 is 5.32 Å². The van der Waals surface area contributed by atoms with Crippen LogP contribution >= 0.6 is 0 Å². The van der Waals surface area contributed by atoms with Gasteiger partial charge in [-0.1, -0.05) is 30.3 Å². The smallest absolute Gasteiger partial charge is 0.254 e. The van der Waals surface area contributed by atoms with E-state index in [1.165, 1.54) is 7.11 Å². The number of rotatable bonds is 5. The number of methoxy groups -OCH3 is 1. The lowest BCUT2D eigenvalue weighted by Gasteiger charge is -2.15. The van der Waals surface area contributed by atoms with Gasteiger partial charge in [-0.25, -0.2) is 0 Å². The van der Waals surface area contributed by atoms with Crippen molar-refractivity contribution in [3.8, 4) is 0 Å². The summed E-state index contributed by atoms with van der Waals surface area (Å²) in [6.45, 7) is 1.30. The van der Waals surface area contributed by atoms with Crippen LogP contribution in [0.3, 0.4) is 0 Å². The van der Waals surface area contributed by atoms with Crippen LogP contribution in [0.2, 0.25) is 0 Å². The third-order valence-corrected chi connectivity index (χ3v) is 3.68. The highest BCUT2D eigenvalue weighted by Crippen LogP contribution is 2.17. The molecule has 0 saturated carbocycles. The van der Waals surface area contributed by atoms with Gasteiger partial charge in [-0.3, -0.25) is 4.79 Å². The lowest BCUT2D eigenvalue weighted by Crippen LogP contribution is -2.31. The van der Waals surface area contributed by atoms with Crippen LogP contribution in [-0.4, -0.2) is 27.8 Å². The fraction of sp³-hybridized carbons (Fsp3) is 0.400. The summed E-state index contributed by atoms with van der Waals surface area (Å²) in [6, 6.07) is 9.44. The highest BCUT2D eigenvalue weighted by molar-refractivity contribution is 5.82. The average molecular weight is 286 g/mol. The molecule has 6 heteroatoms. The van der Waals surface area contributed by atoms with E-state index in [0.29, 0.717) is 6.54 Å². The van der Waals surface area contributed by atoms with E-state index < -0.39 is 6.10 Å². The molecule has 0 spiro atoms. The van der Waals surface area contributed by atoms with Gasteiger partial charge in [0.05, 0.1) is 6.54 Å². The lowest BCUT2D eigenvalue weighted by atomic mass is 10.1. The Bertz CT molecular complexity index is 624. The van der Waals surface area contributed by atoms with E-state index in [-0.39, 0.29) is 5.91 Å². The Morgan fingerprint density at radius 3 is 2.95 bits per heavy atom. The molecule has 3 rings (SSSR count). The summed E-state index contributed by atoms with van der Waals surface area (Å²) in [5, 5.41) is 11.1. The topological polar surface area (TPSA) is 69.0 Å². The van der Waals surface area contributed by atoms with E-state index in [4.69, 9.17) is 4.74 Å². The maximum Gasteiger partial charge on any atom is 0.254 e. The molecule has 1 atom stereocenters. The van der Waals surface area contributed by atoms with Gasteiger partial charge < -0.3 is 14.6 Å². The third kappa shape index (κ3) is 2.80. The molecule has 0 fully saturated rings. The summed E-state index contributed by atoms with van der Waals surface area (Å²) < 4.78 is 7.38. The van der Waals surface area contributed by atoms with Crippen molar-refractivity contribution in [2.75, 3.05) is 7.11 Å². The molecule has 1 aliphatic heterocycles. The van der Waals surface area contributed by atoms with Gasteiger partial charge in [0, 0.05) is 20.1 Å². The predicted octanol–water partition coefficient (Wildman–Crippen LogP) is 1.23. The van der Waals surface area contributed by atoms with Crippen molar-refractivity contribution in [3.63, 3.8) is 0 Å². The van der Waals surface area contributed by atoms with Crippen molar-refractivity contribution in [1.29, 1.82) is 0 Å². The fourth-order valence-corrected chi connectivity index (χ4v) is 2.62. The van der Waals surface area contributed by atoms with Crippen LogP contribution in [0.1, 0.15) is 29.7 Å². The Morgan fingerprint density at radius 2 is 2.19 bits per heavy atom. The predicted molar refractivity (Wildman–Crippen MR) is 76.4 cm³/mol. The standard InChI is InChI=1S/C15H18N4O2/c1-21-14(11-6-3-2-4-7-11)15(20)16-10-13-18-17-12-8-5-9-19(12)13/h2-4,6-7,14H,5,8-10H2,1H3,(H,16,20). The number of hydrogen-bond acceptors (Lipinski definition) is 4. The Hall–Kier alpha value is -2.21. The molecule has 1 aromatic heterocycles. The molecule has 110 valence electrons. The van der Waals surface area contributed by atoms with Crippen LogP contribution in [0, 0.1) is 0 Å². The van der Waals surface area contributed by atoms with Gasteiger partial charge in [0.15, 0.2) is 11.9 Å². The number of nitrogens with one attached hydrogen (secondary N) is 1. The molecule has 1 aromatic carbocycles. The van der Waals surface area contributed by atoms with Crippen LogP contribution in [-0.2, 0) is 29.0 Å². The van der Waals surface area contributed by atoms with Crippen molar-refractivity contribution in [2.45, 2.75) is 32.0 Å². The fourth-order valence-electron chi connectivity index (χ4n) is 2.62. The summed E-state index contributed by atoms with van der Waals surface area (Å²) in [5.41, 5.74) is 0.837. The van der Waals surface area contributed by atoms with Crippen LogP contribution in [0.5, 0.6) is 0 Å². The normalized spacial score (nSPS) is 14.7. The molecule has 2 heterocycles. The molecule has 0 aliphatic carbocycles. The van der Waals surface area contributed by atoms with Crippen molar-refractivity contribution in [3.05, 3.63) is 47.5 Å². The lowest BCUT2D eigenvalue weighted by molar-refractivity contribution is -0.131. The van der Waals surface area contributed by atoms with Crippen LogP contribution in [0.15, 0.2) is 30.3 Å². The Kier molecular flexibility index (Phi) is 3.96. The first-order valence-electron chi connectivity index (χ1n) is 7.06. The van der Waals surface area contributed by atoms with E-state index in [2.05, 4.69) is 20.1 Å². The van der Waals surface area contributed by atoms with Gasteiger partial charge in [0.25, 0.3) is 5.91 Å². The maximum absolute atomic E-state index is 12.3. The Balaban J connectivity index is 1.65. The van der Waals surface area contributed by atoms with E-state index in [9.17, 15) is 4.79 Å². The zero-order valence-corrected chi connectivity index (χ0v) is 12.0. The highest BCUT2D eigenvalue weighted by Gasteiger charge is 2.21. The molecule has 0 radical (unpaired) electrons. The molecular formula is C15H18N4O2. The van der Waals surface area contributed by atoms with E-state index in [0.717, 1.165) is 36.6 Å². The van der Waals surface area contributed by atoms with Crippen molar-refractivity contribution in [1.82, 2.24) is 20.1 Å². The molecule has 1 amide bonds. The first-order chi connectivity index (χ1) is 10.3. The van der Waals surface area contributed by atoms with Gasteiger partial charge in [-0.05, 0) is 12.0 Å². The number of amides is 1. The molecular weight excluding hydrogens is 268 g/mol. The second-order valence-corrected chi connectivity index (χ2v) is 5.03. The number of nitrogens with zero attached hydrogens (tertiary/aromatic N) is 3. The summed E-state index contributed by atoms with van der Waals surface area (Å²) >= 11 is 0. The van der Waals surface area contributed by atoms with Gasteiger partial charge in [-0.2, -0.15) is 0 Å². The molecule has 6 nitrogen and oxygen atoms in total. The minimum Gasteiger partial charge on any atom is -0.367 e. The number of fused-ring (bicyclic) bond motifs is 1. The number of carbonyl (C=O) groups excluding carboxylic acids is 1. The van der Waals surface area contributed by atoms with E-state index in [1.54, 1.807) is 0 Å². The van der Waals surface area contributed by atoms with Crippen molar-refractivity contribution >= 4 is 5.91 Å².